The van der Waals surface area contributed by atoms with Gasteiger partial charge >= 0.3 is 18.5 Å². The summed E-state index contributed by atoms with van der Waals surface area (Å²) in [6.45, 7) is 6.05. The number of hydrogen-bond donors (Lipinski definition) is 3. The molecule has 2 saturated heterocycles. The summed E-state index contributed by atoms with van der Waals surface area (Å²) in [4.78, 5) is 53.2. The minimum atomic E-state index is -4.82. The second-order valence-electron chi connectivity index (χ2n) is 12.2. The molecule has 2 aliphatic heterocycles. The van der Waals surface area contributed by atoms with Crippen LogP contribution in [0.15, 0.2) is 48.5 Å². The van der Waals surface area contributed by atoms with Crippen LogP contribution >= 0.6 is 0 Å². The summed E-state index contributed by atoms with van der Waals surface area (Å²) in [5.74, 6) is -1.44. The molecule has 3 N–H and O–H groups in total. The van der Waals surface area contributed by atoms with E-state index >= 15 is 0 Å². The van der Waals surface area contributed by atoms with Gasteiger partial charge in [-0.3, -0.25) is 25.1 Å². The number of nitrogens with one attached hydrogen (secondary N) is 3. The summed E-state index contributed by atoms with van der Waals surface area (Å²) in [5.41, 5.74) is -2.38. The van der Waals surface area contributed by atoms with E-state index < -0.39 is 47.2 Å². The van der Waals surface area contributed by atoms with E-state index in [1.54, 1.807) is 25.7 Å². The quantitative estimate of drug-likeness (QED) is 0.397. The van der Waals surface area contributed by atoms with E-state index in [9.17, 15) is 32.3 Å². The van der Waals surface area contributed by atoms with E-state index in [-0.39, 0.29) is 17.2 Å². The number of ether oxygens (including phenoxy) is 3. The standard InChI is InChI=1S/C30H33F3N4O7/c1-27(2,3)44-26(41)34-22-12-13-28(22)14-16-37(17-15-28)29(23(38)35-25(40)36-24(29)39)18-4-6-19(7-5-18)42-20-8-10-21(11-9-20)43-30(31,32)33/h4-11,22H,12-17H2,1-3H3,(H,34,41)(H2,35,36,38,39,40). The van der Waals surface area contributed by atoms with E-state index in [0.29, 0.717) is 37.2 Å². The van der Waals surface area contributed by atoms with Crippen molar-refractivity contribution in [2.75, 3.05) is 13.1 Å². The van der Waals surface area contributed by atoms with E-state index in [1.165, 1.54) is 36.4 Å². The Bertz CT molecular complexity index is 1410. The first-order valence-electron chi connectivity index (χ1n) is 14.2. The fraction of sp³-hybridized carbons (Fsp3) is 0.467. The van der Waals surface area contributed by atoms with Crippen LogP contribution in [0, 0.1) is 5.41 Å². The average Bonchev–Trinajstić information content (AvgIpc) is 2.91. The second-order valence-corrected chi connectivity index (χ2v) is 12.2. The third kappa shape index (κ3) is 6.30. The highest BCUT2D eigenvalue weighted by Crippen LogP contribution is 2.51. The zero-order chi connectivity index (χ0) is 31.9. The number of rotatable bonds is 6. The number of benzene rings is 2. The summed E-state index contributed by atoms with van der Waals surface area (Å²) in [6, 6.07) is 9.92. The number of piperidine rings is 1. The normalized spacial score (nSPS) is 21.5. The molecule has 2 aromatic rings. The molecule has 2 aromatic carbocycles. The van der Waals surface area contributed by atoms with Crippen LogP contribution in [0.5, 0.6) is 17.2 Å². The average molecular weight is 619 g/mol. The summed E-state index contributed by atoms with van der Waals surface area (Å²) < 4.78 is 52.3. The van der Waals surface area contributed by atoms with Crippen LogP contribution in [0.25, 0.3) is 0 Å². The van der Waals surface area contributed by atoms with Crippen LogP contribution in [0.3, 0.4) is 0 Å². The van der Waals surface area contributed by atoms with Crippen molar-refractivity contribution in [1.82, 2.24) is 20.9 Å². The highest BCUT2D eigenvalue weighted by atomic mass is 19.4. The topological polar surface area (TPSA) is 135 Å². The van der Waals surface area contributed by atoms with E-state index in [4.69, 9.17) is 9.47 Å². The Morgan fingerprint density at radius 2 is 1.39 bits per heavy atom. The highest BCUT2D eigenvalue weighted by molar-refractivity contribution is 6.22. The highest BCUT2D eigenvalue weighted by Gasteiger charge is 2.59. The van der Waals surface area contributed by atoms with Gasteiger partial charge in [-0.2, -0.15) is 0 Å². The van der Waals surface area contributed by atoms with E-state index in [1.807, 2.05) is 0 Å². The Labute approximate surface area is 251 Å². The first-order valence-corrected chi connectivity index (χ1v) is 14.2. The molecule has 2 heterocycles. The number of alkyl halides is 3. The number of imide groups is 2. The van der Waals surface area contributed by atoms with Gasteiger partial charge in [0.1, 0.15) is 22.8 Å². The third-order valence-corrected chi connectivity index (χ3v) is 8.27. The van der Waals surface area contributed by atoms with Gasteiger partial charge in [-0.1, -0.05) is 12.1 Å². The molecule has 44 heavy (non-hydrogen) atoms. The van der Waals surface area contributed by atoms with Crippen LogP contribution in [0.1, 0.15) is 52.0 Å². The molecule has 0 aromatic heterocycles. The third-order valence-electron chi connectivity index (χ3n) is 8.27. The van der Waals surface area contributed by atoms with Crippen molar-refractivity contribution in [1.29, 1.82) is 0 Å². The van der Waals surface area contributed by atoms with E-state index in [2.05, 4.69) is 20.7 Å². The minimum Gasteiger partial charge on any atom is -0.457 e. The number of nitrogens with zero attached hydrogens (tertiary/aromatic N) is 1. The van der Waals surface area contributed by atoms with Crippen molar-refractivity contribution in [3.05, 3.63) is 54.1 Å². The Morgan fingerprint density at radius 3 is 1.86 bits per heavy atom. The van der Waals surface area contributed by atoms with Crippen LogP contribution in [0.4, 0.5) is 22.8 Å². The fourth-order valence-corrected chi connectivity index (χ4v) is 6.12. The van der Waals surface area contributed by atoms with Crippen molar-refractivity contribution in [2.24, 2.45) is 5.41 Å². The van der Waals surface area contributed by atoms with Crippen molar-refractivity contribution in [3.8, 4) is 17.2 Å². The van der Waals surface area contributed by atoms with Crippen LogP contribution in [-0.4, -0.2) is 59.9 Å². The van der Waals surface area contributed by atoms with Crippen molar-refractivity contribution < 1.29 is 46.6 Å². The summed E-state index contributed by atoms with van der Waals surface area (Å²) in [6.07, 6.45) is -2.45. The summed E-state index contributed by atoms with van der Waals surface area (Å²) >= 11 is 0. The Morgan fingerprint density at radius 1 is 0.864 bits per heavy atom. The lowest BCUT2D eigenvalue weighted by atomic mass is 9.59. The number of urea groups is 1. The van der Waals surface area contributed by atoms with Gasteiger partial charge in [-0.15, -0.1) is 13.2 Å². The fourth-order valence-electron chi connectivity index (χ4n) is 6.12. The zero-order valence-electron chi connectivity index (χ0n) is 24.4. The summed E-state index contributed by atoms with van der Waals surface area (Å²) in [7, 11) is 0. The first-order chi connectivity index (χ1) is 20.6. The molecule has 3 aliphatic rings. The van der Waals surface area contributed by atoms with Crippen LogP contribution in [-0.2, 0) is 19.9 Å². The number of carbonyl (C=O) groups excluding carboxylic acids is 4. The molecular formula is C30H33F3N4O7. The number of amides is 5. The number of alkyl carbamates (subject to hydrolysis) is 1. The first kappa shape index (κ1) is 31.1. The van der Waals surface area contributed by atoms with Gasteiger partial charge in [0.25, 0.3) is 11.8 Å². The molecule has 1 atom stereocenters. The Kier molecular flexibility index (Phi) is 7.99. The smallest absolute Gasteiger partial charge is 0.457 e. The molecule has 1 spiro atoms. The molecular weight excluding hydrogens is 585 g/mol. The van der Waals surface area contributed by atoms with Gasteiger partial charge in [0.15, 0.2) is 0 Å². The maximum atomic E-state index is 13.5. The Balaban J connectivity index is 1.32. The number of hydrogen-bond acceptors (Lipinski definition) is 8. The van der Waals surface area contributed by atoms with Gasteiger partial charge in [0.2, 0.25) is 5.54 Å². The number of halogens is 3. The molecule has 236 valence electrons. The van der Waals surface area contributed by atoms with Gasteiger partial charge in [-0.05, 0) is 93.8 Å². The minimum absolute atomic E-state index is 0.100. The molecule has 1 aliphatic carbocycles. The van der Waals surface area contributed by atoms with Crippen molar-refractivity contribution in [3.63, 3.8) is 0 Å². The molecule has 3 fully saturated rings. The number of likely N-dealkylation sites (tertiary alicyclic amines) is 1. The van der Waals surface area contributed by atoms with Gasteiger partial charge in [0, 0.05) is 19.1 Å². The maximum Gasteiger partial charge on any atom is 0.573 e. The predicted molar refractivity (Wildman–Crippen MR) is 149 cm³/mol. The lowest BCUT2D eigenvalue weighted by Gasteiger charge is -2.56. The predicted octanol–water partition coefficient (Wildman–Crippen LogP) is 4.71. The molecule has 0 bridgehead atoms. The zero-order valence-corrected chi connectivity index (χ0v) is 24.4. The molecule has 1 unspecified atom stereocenters. The van der Waals surface area contributed by atoms with Gasteiger partial charge in [-0.25, -0.2) is 9.59 Å². The molecule has 0 radical (unpaired) electrons. The number of barbiturate groups is 1. The molecule has 1 saturated carbocycles. The summed E-state index contributed by atoms with van der Waals surface area (Å²) in [5, 5.41) is 7.44. The molecule has 5 rings (SSSR count). The second kappa shape index (κ2) is 11.3. The lowest BCUT2D eigenvalue weighted by Crippen LogP contribution is -2.73. The molecule has 11 nitrogen and oxygen atoms in total. The van der Waals surface area contributed by atoms with Crippen LogP contribution in [0.2, 0.25) is 0 Å². The van der Waals surface area contributed by atoms with Gasteiger partial charge in [0.05, 0.1) is 0 Å². The maximum absolute atomic E-state index is 13.5. The van der Waals surface area contributed by atoms with E-state index in [0.717, 1.165) is 25.0 Å². The number of carbonyl (C=O) groups is 4. The largest absolute Gasteiger partial charge is 0.573 e. The van der Waals surface area contributed by atoms with Crippen LogP contribution < -0.4 is 25.4 Å². The van der Waals surface area contributed by atoms with Gasteiger partial charge < -0.3 is 19.5 Å². The van der Waals surface area contributed by atoms with Crippen molar-refractivity contribution >= 4 is 23.9 Å². The monoisotopic (exact) mass is 618 g/mol. The lowest BCUT2D eigenvalue weighted by molar-refractivity contribution is -0.274. The molecule has 14 heteroatoms. The SMILES string of the molecule is CC(C)(C)OC(=O)NC1CCC12CCN(C1(c3ccc(Oc4ccc(OC(F)(F)F)cc4)cc3)C(=O)NC(=O)NC1=O)CC2. The van der Waals surface area contributed by atoms with Crippen molar-refractivity contribution in [2.45, 2.75) is 70.0 Å². The Hall–Kier alpha value is -4.33. The molecule has 5 amide bonds.